The van der Waals surface area contributed by atoms with E-state index in [4.69, 9.17) is 4.52 Å². The van der Waals surface area contributed by atoms with E-state index in [9.17, 15) is 4.79 Å². The molecule has 0 unspecified atom stereocenters. The zero-order valence-corrected chi connectivity index (χ0v) is 13.1. The Morgan fingerprint density at radius 1 is 0.958 bits per heavy atom. The van der Waals surface area contributed by atoms with Crippen LogP contribution in [-0.4, -0.2) is 14.9 Å². The zero-order valence-electron chi connectivity index (χ0n) is 13.1. The van der Waals surface area contributed by atoms with Crippen molar-refractivity contribution in [2.24, 2.45) is 0 Å². The fourth-order valence-electron chi connectivity index (χ4n) is 2.79. The predicted molar refractivity (Wildman–Crippen MR) is 92.6 cm³/mol. The van der Waals surface area contributed by atoms with Gasteiger partial charge in [-0.2, -0.15) is 5.10 Å². The Morgan fingerprint density at radius 3 is 2.21 bits per heavy atom. The molecule has 4 rings (SSSR count). The first-order valence-electron chi connectivity index (χ1n) is 7.81. The Hall–Kier alpha value is -3.21. The minimum absolute atomic E-state index is 0.238. The lowest BCUT2D eigenvalue weighted by atomic mass is 10.0. The maximum Gasteiger partial charge on any atom is 0.296 e. The monoisotopic (exact) mass is 317 g/mol. The summed E-state index contributed by atoms with van der Waals surface area (Å²) in [6.07, 6.45) is 0. The van der Waals surface area contributed by atoms with Gasteiger partial charge in [-0.05, 0) is 6.92 Å². The van der Waals surface area contributed by atoms with Crippen LogP contribution in [0.1, 0.15) is 6.92 Å². The van der Waals surface area contributed by atoms with Gasteiger partial charge in [-0.1, -0.05) is 65.8 Å². The molecule has 0 aliphatic heterocycles. The standard InChI is InChI=1S/C19H15N3O2/c1-2-22-19(23)17-15(16(20-22)13-9-5-3-6-10-13)18(24-21-17)14-11-7-4-8-12-14/h3-12H,2H2,1H3. The first kappa shape index (κ1) is 14.4. The molecule has 4 aromatic rings. The predicted octanol–water partition coefficient (Wildman–Crippen LogP) is 3.74. The van der Waals surface area contributed by atoms with Crippen molar-refractivity contribution in [3.8, 4) is 22.6 Å². The van der Waals surface area contributed by atoms with Crippen LogP contribution in [0.2, 0.25) is 0 Å². The number of hydrogen-bond donors (Lipinski definition) is 0. The number of nitrogens with zero attached hydrogens (tertiary/aromatic N) is 3. The van der Waals surface area contributed by atoms with Crippen LogP contribution in [-0.2, 0) is 6.54 Å². The molecule has 0 aliphatic rings. The molecule has 2 aromatic carbocycles. The Labute approximate surface area is 138 Å². The van der Waals surface area contributed by atoms with Gasteiger partial charge in [0.25, 0.3) is 5.56 Å². The molecule has 0 saturated heterocycles. The van der Waals surface area contributed by atoms with Crippen LogP contribution < -0.4 is 5.56 Å². The molecule has 0 radical (unpaired) electrons. The molecule has 0 amide bonds. The highest BCUT2D eigenvalue weighted by Gasteiger charge is 2.21. The van der Waals surface area contributed by atoms with Gasteiger partial charge >= 0.3 is 0 Å². The molecule has 0 atom stereocenters. The number of fused-ring (bicyclic) bond motifs is 1. The SMILES string of the molecule is CCn1nc(-c2ccccc2)c2c(-c3ccccc3)onc2c1=O. The smallest absolute Gasteiger partial charge is 0.296 e. The largest absolute Gasteiger partial charge is 0.355 e. The maximum absolute atomic E-state index is 12.6. The third-order valence-electron chi connectivity index (χ3n) is 3.97. The lowest BCUT2D eigenvalue weighted by Gasteiger charge is -2.07. The minimum Gasteiger partial charge on any atom is -0.355 e. The molecular formula is C19H15N3O2. The van der Waals surface area contributed by atoms with E-state index in [0.29, 0.717) is 28.9 Å². The van der Waals surface area contributed by atoms with Crippen molar-refractivity contribution in [2.75, 3.05) is 0 Å². The molecule has 118 valence electrons. The Balaban J connectivity index is 2.12. The van der Waals surface area contributed by atoms with Gasteiger partial charge in [0.1, 0.15) is 5.69 Å². The van der Waals surface area contributed by atoms with Gasteiger partial charge in [-0.15, -0.1) is 0 Å². The first-order chi connectivity index (χ1) is 11.8. The van der Waals surface area contributed by atoms with E-state index in [-0.39, 0.29) is 5.56 Å². The number of rotatable bonds is 3. The van der Waals surface area contributed by atoms with Crippen molar-refractivity contribution in [2.45, 2.75) is 13.5 Å². The van der Waals surface area contributed by atoms with Crippen molar-refractivity contribution in [1.82, 2.24) is 14.9 Å². The highest BCUT2D eigenvalue weighted by molar-refractivity contribution is 6.00. The second-order valence-corrected chi connectivity index (χ2v) is 5.44. The number of hydrogen-bond acceptors (Lipinski definition) is 4. The van der Waals surface area contributed by atoms with Crippen molar-refractivity contribution < 1.29 is 4.52 Å². The zero-order chi connectivity index (χ0) is 16.5. The van der Waals surface area contributed by atoms with E-state index in [1.807, 2.05) is 67.6 Å². The van der Waals surface area contributed by atoms with E-state index >= 15 is 0 Å². The van der Waals surface area contributed by atoms with Gasteiger partial charge in [-0.3, -0.25) is 4.79 Å². The van der Waals surface area contributed by atoms with Crippen molar-refractivity contribution in [1.29, 1.82) is 0 Å². The highest BCUT2D eigenvalue weighted by atomic mass is 16.5. The van der Waals surface area contributed by atoms with Gasteiger partial charge in [-0.25, -0.2) is 4.68 Å². The molecule has 5 nitrogen and oxygen atoms in total. The summed E-state index contributed by atoms with van der Waals surface area (Å²) in [7, 11) is 0. The molecule has 0 N–H and O–H groups in total. The van der Waals surface area contributed by atoms with Crippen molar-refractivity contribution in [3.63, 3.8) is 0 Å². The van der Waals surface area contributed by atoms with Crippen molar-refractivity contribution in [3.05, 3.63) is 71.0 Å². The fourth-order valence-corrected chi connectivity index (χ4v) is 2.79. The number of aromatic nitrogens is 3. The van der Waals surface area contributed by atoms with Gasteiger partial charge < -0.3 is 4.52 Å². The summed E-state index contributed by atoms with van der Waals surface area (Å²) in [5.41, 5.74) is 2.56. The summed E-state index contributed by atoms with van der Waals surface area (Å²) in [4.78, 5) is 12.6. The second kappa shape index (κ2) is 5.77. The molecule has 2 aromatic heterocycles. The van der Waals surface area contributed by atoms with Crippen LogP contribution in [0.15, 0.2) is 70.0 Å². The molecule has 0 saturated carbocycles. The maximum atomic E-state index is 12.6. The quantitative estimate of drug-likeness (QED) is 0.577. The molecule has 0 fully saturated rings. The van der Waals surface area contributed by atoms with Crippen LogP contribution >= 0.6 is 0 Å². The minimum atomic E-state index is -0.238. The van der Waals surface area contributed by atoms with Crippen LogP contribution in [0.4, 0.5) is 0 Å². The van der Waals surface area contributed by atoms with E-state index in [2.05, 4.69) is 10.3 Å². The topological polar surface area (TPSA) is 60.9 Å². The molecule has 2 heterocycles. The average molecular weight is 317 g/mol. The Kier molecular flexibility index (Phi) is 3.46. The summed E-state index contributed by atoms with van der Waals surface area (Å²) in [6, 6.07) is 19.4. The Morgan fingerprint density at radius 2 is 1.58 bits per heavy atom. The highest BCUT2D eigenvalue weighted by Crippen LogP contribution is 2.33. The van der Waals surface area contributed by atoms with Gasteiger partial charge in [0.05, 0.1) is 5.39 Å². The molecule has 0 aliphatic carbocycles. The van der Waals surface area contributed by atoms with Crippen LogP contribution in [0.3, 0.4) is 0 Å². The van der Waals surface area contributed by atoms with E-state index in [0.717, 1.165) is 11.1 Å². The van der Waals surface area contributed by atoms with Gasteiger partial charge in [0, 0.05) is 17.7 Å². The molecule has 0 spiro atoms. The normalized spacial score (nSPS) is 11.0. The molecular weight excluding hydrogens is 302 g/mol. The summed E-state index contributed by atoms with van der Waals surface area (Å²) in [5, 5.41) is 9.25. The molecule has 24 heavy (non-hydrogen) atoms. The van der Waals surface area contributed by atoms with E-state index < -0.39 is 0 Å². The van der Waals surface area contributed by atoms with E-state index in [1.54, 1.807) is 0 Å². The lowest BCUT2D eigenvalue weighted by Crippen LogP contribution is -2.23. The molecule has 5 heteroatoms. The second-order valence-electron chi connectivity index (χ2n) is 5.44. The Bertz CT molecular complexity index is 1050. The van der Waals surface area contributed by atoms with Crippen LogP contribution in [0.5, 0.6) is 0 Å². The van der Waals surface area contributed by atoms with Crippen molar-refractivity contribution >= 4 is 10.9 Å². The summed E-state index contributed by atoms with van der Waals surface area (Å²) in [5.74, 6) is 0.567. The summed E-state index contributed by atoms with van der Waals surface area (Å²) in [6.45, 7) is 2.36. The first-order valence-corrected chi connectivity index (χ1v) is 7.81. The fraction of sp³-hybridized carbons (Fsp3) is 0.105. The molecule has 0 bridgehead atoms. The number of aryl methyl sites for hydroxylation is 1. The van der Waals surface area contributed by atoms with Crippen LogP contribution in [0.25, 0.3) is 33.5 Å². The third-order valence-corrected chi connectivity index (χ3v) is 3.97. The number of benzene rings is 2. The van der Waals surface area contributed by atoms with Gasteiger partial charge in [0.15, 0.2) is 11.3 Å². The summed E-state index contributed by atoms with van der Waals surface area (Å²) < 4.78 is 6.96. The van der Waals surface area contributed by atoms with Crippen LogP contribution in [0, 0.1) is 0 Å². The lowest BCUT2D eigenvalue weighted by molar-refractivity contribution is 0.439. The third kappa shape index (κ3) is 2.22. The van der Waals surface area contributed by atoms with E-state index in [1.165, 1.54) is 4.68 Å². The average Bonchev–Trinajstić information content (AvgIpc) is 3.09. The summed E-state index contributed by atoms with van der Waals surface area (Å²) >= 11 is 0. The van der Waals surface area contributed by atoms with Gasteiger partial charge in [0.2, 0.25) is 0 Å².